The van der Waals surface area contributed by atoms with Gasteiger partial charge in [-0.1, -0.05) is 18.2 Å². The predicted molar refractivity (Wildman–Crippen MR) is 102 cm³/mol. The van der Waals surface area contributed by atoms with Gasteiger partial charge < -0.3 is 15.2 Å². The van der Waals surface area contributed by atoms with Gasteiger partial charge in [0.1, 0.15) is 0 Å². The smallest absolute Gasteiger partial charge is 0.356 e. The molecule has 27 heavy (non-hydrogen) atoms. The van der Waals surface area contributed by atoms with Crippen LogP contribution in [0.1, 0.15) is 12.8 Å². The lowest BCUT2D eigenvalue weighted by molar-refractivity contribution is -0.143. The lowest BCUT2D eigenvalue weighted by Crippen LogP contribution is -2.45. The molecule has 1 saturated heterocycles. The largest absolute Gasteiger partial charge is 0.401 e. The van der Waals surface area contributed by atoms with Crippen molar-refractivity contribution in [2.24, 2.45) is 4.99 Å². The van der Waals surface area contributed by atoms with E-state index in [0.29, 0.717) is 25.5 Å². The molecular formula is C19H26F3N5. The molecule has 5 nitrogen and oxygen atoms in total. The fraction of sp³-hybridized carbons (Fsp3) is 0.526. The number of fused-ring (bicyclic) bond motifs is 1. The number of nitrogens with zero attached hydrogens (tertiary/aromatic N) is 3. The van der Waals surface area contributed by atoms with Crippen LogP contribution in [0.5, 0.6) is 0 Å². The molecule has 0 radical (unpaired) electrons. The summed E-state index contributed by atoms with van der Waals surface area (Å²) in [7, 11) is 1.68. The third kappa shape index (κ3) is 5.63. The topological polar surface area (TPSA) is 44.6 Å². The molecule has 3 rings (SSSR count). The Bertz CT molecular complexity index is 768. The number of aliphatic imine (C=N–C) groups is 1. The van der Waals surface area contributed by atoms with Crippen LogP contribution in [0, 0.1) is 0 Å². The molecule has 148 valence electrons. The summed E-state index contributed by atoms with van der Waals surface area (Å²) >= 11 is 0. The average molecular weight is 381 g/mol. The van der Waals surface area contributed by atoms with Gasteiger partial charge in [0.15, 0.2) is 5.96 Å². The summed E-state index contributed by atoms with van der Waals surface area (Å²) < 4.78 is 39.7. The first-order valence-electron chi connectivity index (χ1n) is 9.25. The highest BCUT2D eigenvalue weighted by molar-refractivity contribution is 5.80. The maximum absolute atomic E-state index is 12.5. The van der Waals surface area contributed by atoms with Crippen LogP contribution in [0.4, 0.5) is 13.2 Å². The Morgan fingerprint density at radius 2 is 2.07 bits per heavy atom. The second-order valence-corrected chi connectivity index (χ2v) is 6.90. The number of benzene rings is 1. The number of aryl methyl sites for hydroxylation is 1. The summed E-state index contributed by atoms with van der Waals surface area (Å²) in [4.78, 5) is 5.62. The van der Waals surface area contributed by atoms with Crippen molar-refractivity contribution in [2.45, 2.75) is 31.6 Å². The van der Waals surface area contributed by atoms with Gasteiger partial charge >= 0.3 is 6.18 Å². The highest BCUT2D eigenvalue weighted by Crippen LogP contribution is 2.20. The monoisotopic (exact) mass is 381 g/mol. The molecule has 0 saturated carbocycles. The summed E-state index contributed by atoms with van der Waals surface area (Å²) in [6.45, 7) is 1.62. The second kappa shape index (κ2) is 8.65. The molecule has 2 N–H and O–H groups in total. The Morgan fingerprint density at radius 1 is 1.26 bits per heavy atom. The van der Waals surface area contributed by atoms with Crippen LogP contribution in [0.3, 0.4) is 0 Å². The van der Waals surface area contributed by atoms with Crippen LogP contribution in [0.15, 0.2) is 41.5 Å². The van der Waals surface area contributed by atoms with Crippen molar-refractivity contribution < 1.29 is 13.2 Å². The Labute approximate surface area is 157 Å². The molecule has 1 unspecified atom stereocenters. The van der Waals surface area contributed by atoms with E-state index in [-0.39, 0.29) is 6.04 Å². The number of guanidine groups is 1. The van der Waals surface area contributed by atoms with Crippen molar-refractivity contribution in [3.05, 3.63) is 36.5 Å². The first-order valence-corrected chi connectivity index (χ1v) is 9.25. The van der Waals surface area contributed by atoms with E-state index < -0.39 is 12.7 Å². The van der Waals surface area contributed by atoms with Gasteiger partial charge in [-0.2, -0.15) is 13.2 Å². The number of rotatable bonds is 6. The molecule has 1 aromatic heterocycles. The molecule has 0 aliphatic carbocycles. The molecule has 8 heteroatoms. The van der Waals surface area contributed by atoms with Crippen LogP contribution < -0.4 is 10.6 Å². The van der Waals surface area contributed by atoms with E-state index in [1.807, 2.05) is 12.1 Å². The molecule has 1 aromatic carbocycles. The number of likely N-dealkylation sites (tertiary alicyclic amines) is 1. The van der Waals surface area contributed by atoms with Crippen LogP contribution in [-0.2, 0) is 6.54 Å². The number of hydrogen-bond donors (Lipinski definition) is 2. The van der Waals surface area contributed by atoms with Crippen molar-refractivity contribution in [3.63, 3.8) is 0 Å². The van der Waals surface area contributed by atoms with E-state index in [0.717, 1.165) is 19.5 Å². The number of nitrogens with one attached hydrogen (secondary N) is 2. The number of aromatic nitrogens is 1. The Balaban J connectivity index is 1.40. The van der Waals surface area contributed by atoms with E-state index >= 15 is 0 Å². The number of para-hydroxylation sites is 1. The third-order valence-electron chi connectivity index (χ3n) is 4.79. The minimum Gasteiger partial charge on any atom is -0.356 e. The Hall–Kier alpha value is -2.22. The maximum Gasteiger partial charge on any atom is 0.401 e. The van der Waals surface area contributed by atoms with Crippen molar-refractivity contribution >= 4 is 16.9 Å². The highest BCUT2D eigenvalue weighted by atomic mass is 19.4. The summed E-state index contributed by atoms with van der Waals surface area (Å²) in [5.74, 6) is 0.645. The van der Waals surface area contributed by atoms with Crippen molar-refractivity contribution in [1.82, 2.24) is 20.1 Å². The predicted octanol–water partition coefficient (Wildman–Crippen LogP) is 2.83. The average Bonchev–Trinajstić information content (AvgIpc) is 3.23. The van der Waals surface area contributed by atoms with Gasteiger partial charge in [-0.25, -0.2) is 0 Å². The molecule has 0 amide bonds. The zero-order valence-corrected chi connectivity index (χ0v) is 15.5. The minimum absolute atomic E-state index is 0.00746. The minimum atomic E-state index is -4.14. The van der Waals surface area contributed by atoms with Gasteiger partial charge in [0, 0.05) is 51.0 Å². The van der Waals surface area contributed by atoms with Crippen LogP contribution >= 0.6 is 0 Å². The van der Waals surface area contributed by atoms with Gasteiger partial charge in [0.25, 0.3) is 0 Å². The fourth-order valence-corrected chi connectivity index (χ4v) is 3.53. The third-order valence-corrected chi connectivity index (χ3v) is 4.79. The van der Waals surface area contributed by atoms with Crippen LogP contribution in [-0.4, -0.2) is 60.9 Å². The molecular weight excluding hydrogens is 355 g/mol. The summed E-state index contributed by atoms with van der Waals surface area (Å²) in [5, 5.41) is 7.71. The number of hydrogen-bond acceptors (Lipinski definition) is 2. The summed E-state index contributed by atoms with van der Waals surface area (Å²) in [6, 6.07) is 10.4. The van der Waals surface area contributed by atoms with Crippen LogP contribution in [0.25, 0.3) is 10.9 Å². The summed E-state index contributed by atoms with van der Waals surface area (Å²) in [6.07, 6.45) is -0.445. The van der Waals surface area contributed by atoms with E-state index in [9.17, 15) is 13.2 Å². The SMILES string of the molecule is CN=C(NCCCn1ccc2ccccc21)NC1CCN(CC(F)(F)F)C1. The zero-order valence-electron chi connectivity index (χ0n) is 15.5. The highest BCUT2D eigenvalue weighted by Gasteiger charge is 2.34. The lowest BCUT2D eigenvalue weighted by Gasteiger charge is -2.19. The lowest BCUT2D eigenvalue weighted by atomic mass is 10.2. The van der Waals surface area contributed by atoms with Crippen molar-refractivity contribution in [3.8, 4) is 0 Å². The van der Waals surface area contributed by atoms with Gasteiger partial charge in [0.05, 0.1) is 6.54 Å². The molecule has 2 heterocycles. The molecule has 2 aromatic rings. The molecule has 0 bridgehead atoms. The van der Waals surface area contributed by atoms with E-state index in [1.54, 1.807) is 7.05 Å². The Kier molecular flexibility index (Phi) is 6.26. The first kappa shape index (κ1) is 19.5. The second-order valence-electron chi connectivity index (χ2n) is 6.90. The quantitative estimate of drug-likeness (QED) is 0.460. The van der Waals surface area contributed by atoms with E-state index in [1.165, 1.54) is 15.8 Å². The molecule has 1 fully saturated rings. The van der Waals surface area contributed by atoms with Gasteiger partial charge in [-0.05, 0) is 30.4 Å². The first-order chi connectivity index (χ1) is 12.9. The summed E-state index contributed by atoms with van der Waals surface area (Å²) in [5.41, 5.74) is 1.22. The van der Waals surface area contributed by atoms with Crippen LogP contribution in [0.2, 0.25) is 0 Å². The van der Waals surface area contributed by atoms with Crippen molar-refractivity contribution in [2.75, 3.05) is 33.2 Å². The number of halogens is 3. The fourth-order valence-electron chi connectivity index (χ4n) is 3.53. The maximum atomic E-state index is 12.5. The van der Waals surface area contributed by atoms with Gasteiger partial charge in [-0.3, -0.25) is 9.89 Å². The zero-order chi connectivity index (χ0) is 19.3. The molecule has 1 atom stereocenters. The van der Waals surface area contributed by atoms with E-state index in [2.05, 4.69) is 44.6 Å². The molecule has 1 aliphatic heterocycles. The molecule has 1 aliphatic rings. The Morgan fingerprint density at radius 3 is 2.85 bits per heavy atom. The normalized spacial score (nSPS) is 19.0. The van der Waals surface area contributed by atoms with Crippen molar-refractivity contribution in [1.29, 1.82) is 0 Å². The molecule has 0 spiro atoms. The standard InChI is InChI=1S/C19H26F3N5/c1-23-18(25-16-8-11-26(13-16)14-19(20,21)22)24-9-4-10-27-12-7-15-5-2-3-6-17(15)27/h2-3,5-7,12,16H,4,8-11,13-14H2,1H3,(H2,23,24,25). The van der Waals surface area contributed by atoms with Gasteiger partial charge in [-0.15, -0.1) is 0 Å². The van der Waals surface area contributed by atoms with Gasteiger partial charge in [0.2, 0.25) is 0 Å². The number of alkyl halides is 3. The van der Waals surface area contributed by atoms with E-state index in [4.69, 9.17) is 0 Å².